The molecule has 1 aromatic heterocycles. The zero-order valence-corrected chi connectivity index (χ0v) is 11.2. The summed E-state index contributed by atoms with van der Waals surface area (Å²) in [7, 11) is 0. The topological polar surface area (TPSA) is 70.4 Å². The number of aldehydes is 1. The molecular weight excluding hydrogens is 248 g/mol. The van der Waals surface area contributed by atoms with E-state index >= 15 is 0 Å². The number of rotatable bonds is 4. The van der Waals surface area contributed by atoms with Gasteiger partial charge in [0.2, 0.25) is 0 Å². The summed E-state index contributed by atoms with van der Waals surface area (Å²) in [5.41, 5.74) is 1.12. The lowest BCUT2D eigenvalue weighted by atomic mass is 10.1. The van der Waals surface area contributed by atoms with E-state index in [1.807, 2.05) is 0 Å². The van der Waals surface area contributed by atoms with E-state index in [4.69, 9.17) is 9.47 Å². The van der Waals surface area contributed by atoms with Gasteiger partial charge in [-0.25, -0.2) is 9.48 Å². The summed E-state index contributed by atoms with van der Waals surface area (Å²) < 4.78 is 12.0. The van der Waals surface area contributed by atoms with Crippen LogP contribution in [0.2, 0.25) is 0 Å². The molecule has 0 spiro atoms. The van der Waals surface area contributed by atoms with Gasteiger partial charge < -0.3 is 9.47 Å². The summed E-state index contributed by atoms with van der Waals surface area (Å²) in [4.78, 5) is 23.0. The number of ether oxygens (including phenoxy) is 2. The van der Waals surface area contributed by atoms with Crippen LogP contribution in [0.3, 0.4) is 0 Å². The van der Waals surface area contributed by atoms with Crippen molar-refractivity contribution in [2.75, 3.05) is 13.2 Å². The summed E-state index contributed by atoms with van der Waals surface area (Å²) in [6.07, 6.45) is 3.28. The monoisotopic (exact) mass is 266 g/mol. The molecule has 19 heavy (non-hydrogen) atoms. The molecule has 1 aliphatic rings. The Kier molecular flexibility index (Phi) is 4.31. The second-order valence-corrected chi connectivity index (χ2v) is 4.46. The van der Waals surface area contributed by atoms with E-state index in [0.717, 1.165) is 19.3 Å². The van der Waals surface area contributed by atoms with Crippen LogP contribution in [-0.4, -0.2) is 35.2 Å². The van der Waals surface area contributed by atoms with Crippen molar-refractivity contribution >= 4 is 12.3 Å². The molecule has 0 saturated carbocycles. The van der Waals surface area contributed by atoms with E-state index in [1.165, 1.54) is 4.68 Å². The van der Waals surface area contributed by atoms with E-state index < -0.39 is 5.97 Å². The third-order valence-electron chi connectivity index (χ3n) is 3.20. The summed E-state index contributed by atoms with van der Waals surface area (Å²) in [5.74, 6) is -0.502. The predicted molar refractivity (Wildman–Crippen MR) is 67.1 cm³/mol. The van der Waals surface area contributed by atoms with Crippen molar-refractivity contribution in [2.24, 2.45) is 0 Å². The normalized spacial score (nSPS) is 19.2. The zero-order valence-electron chi connectivity index (χ0n) is 11.2. The van der Waals surface area contributed by atoms with E-state index in [2.05, 4.69) is 5.10 Å². The Balaban J connectivity index is 2.35. The second kappa shape index (κ2) is 5.97. The molecule has 2 heterocycles. The quantitative estimate of drug-likeness (QED) is 0.614. The van der Waals surface area contributed by atoms with Crippen LogP contribution >= 0.6 is 0 Å². The molecule has 1 unspecified atom stereocenters. The van der Waals surface area contributed by atoms with Crippen LogP contribution in [0.4, 0.5) is 0 Å². The Bertz CT molecular complexity index is 475. The lowest BCUT2D eigenvalue weighted by molar-refractivity contribution is -0.0405. The first-order valence-corrected chi connectivity index (χ1v) is 6.52. The molecule has 0 aromatic carbocycles. The number of esters is 1. The Morgan fingerprint density at radius 2 is 2.37 bits per heavy atom. The fourth-order valence-corrected chi connectivity index (χ4v) is 2.20. The summed E-state index contributed by atoms with van der Waals surface area (Å²) >= 11 is 0. The Morgan fingerprint density at radius 3 is 2.95 bits per heavy atom. The van der Waals surface area contributed by atoms with E-state index in [1.54, 1.807) is 13.8 Å². The standard InChI is InChI=1S/C13H18N2O4/c1-3-18-13(17)12-9(2)10(8-16)15(14-12)11-6-4-5-7-19-11/h8,11H,3-7H2,1-2H3. The Labute approximate surface area is 111 Å². The minimum Gasteiger partial charge on any atom is -0.461 e. The lowest BCUT2D eigenvalue weighted by Crippen LogP contribution is -2.21. The highest BCUT2D eigenvalue weighted by Gasteiger charge is 2.26. The van der Waals surface area contributed by atoms with Gasteiger partial charge >= 0.3 is 5.97 Å². The predicted octanol–water partition coefficient (Wildman–Crippen LogP) is 1.88. The number of nitrogens with zero attached hydrogens (tertiary/aromatic N) is 2. The average molecular weight is 266 g/mol. The van der Waals surface area contributed by atoms with Crippen LogP contribution in [0.5, 0.6) is 0 Å². The molecule has 1 fully saturated rings. The van der Waals surface area contributed by atoms with Gasteiger partial charge in [-0.3, -0.25) is 4.79 Å². The van der Waals surface area contributed by atoms with Crippen molar-refractivity contribution in [2.45, 2.75) is 39.3 Å². The molecule has 0 radical (unpaired) electrons. The van der Waals surface area contributed by atoms with Crippen molar-refractivity contribution in [1.82, 2.24) is 9.78 Å². The van der Waals surface area contributed by atoms with E-state index in [0.29, 0.717) is 24.2 Å². The largest absolute Gasteiger partial charge is 0.461 e. The van der Waals surface area contributed by atoms with Crippen molar-refractivity contribution in [3.63, 3.8) is 0 Å². The molecule has 6 nitrogen and oxygen atoms in total. The number of carbonyl (C=O) groups is 2. The van der Waals surface area contributed by atoms with Crippen molar-refractivity contribution in [3.8, 4) is 0 Å². The Hall–Kier alpha value is -1.69. The van der Waals surface area contributed by atoms with Crippen LogP contribution in [0.25, 0.3) is 0 Å². The highest BCUT2D eigenvalue weighted by molar-refractivity contribution is 5.91. The number of hydrogen-bond donors (Lipinski definition) is 0. The maximum Gasteiger partial charge on any atom is 0.359 e. The van der Waals surface area contributed by atoms with Crippen LogP contribution in [-0.2, 0) is 9.47 Å². The van der Waals surface area contributed by atoms with Gasteiger partial charge in [0.15, 0.2) is 18.2 Å². The number of aromatic nitrogens is 2. The minimum atomic E-state index is -0.502. The van der Waals surface area contributed by atoms with Gasteiger partial charge in [0.25, 0.3) is 0 Å². The van der Waals surface area contributed by atoms with Gasteiger partial charge in [0.05, 0.1) is 6.61 Å². The van der Waals surface area contributed by atoms with Crippen LogP contribution in [0.1, 0.15) is 59.0 Å². The first-order valence-electron chi connectivity index (χ1n) is 6.52. The first-order chi connectivity index (χ1) is 9.19. The molecule has 1 aromatic rings. The van der Waals surface area contributed by atoms with Gasteiger partial charge in [-0.1, -0.05) is 0 Å². The summed E-state index contributed by atoms with van der Waals surface area (Å²) in [5, 5.41) is 4.21. The molecule has 1 atom stereocenters. The number of carbonyl (C=O) groups excluding carboxylic acids is 2. The van der Waals surface area contributed by atoms with Gasteiger partial charge in [-0.15, -0.1) is 0 Å². The third kappa shape index (κ3) is 2.68. The molecule has 0 N–H and O–H groups in total. The number of hydrogen-bond acceptors (Lipinski definition) is 5. The van der Waals surface area contributed by atoms with Gasteiger partial charge in [-0.05, 0) is 33.1 Å². The smallest absolute Gasteiger partial charge is 0.359 e. The maximum atomic E-state index is 11.8. The van der Waals surface area contributed by atoms with E-state index in [9.17, 15) is 9.59 Å². The highest BCUT2D eigenvalue weighted by Crippen LogP contribution is 2.25. The highest BCUT2D eigenvalue weighted by atomic mass is 16.5. The third-order valence-corrected chi connectivity index (χ3v) is 3.20. The second-order valence-electron chi connectivity index (χ2n) is 4.46. The molecule has 0 bridgehead atoms. The molecule has 6 heteroatoms. The summed E-state index contributed by atoms with van der Waals surface area (Å²) in [6.45, 7) is 4.36. The van der Waals surface area contributed by atoms with Gasteiger partial charge in [-0.2, -0.15) is 5.10 Å². The van der Waals surface area contributed by atoms with Crippen molar-refractivity contribution in [3.05, 3.63) is 17.0 Å². The molecule has 1 saturated heterocycles. The first kappa shape index (κ1) is 13.7. The van der Waals surface area contributed by atoms with Crippen LogP contribution in [0.15, 0.2) is 0 Å². The average Bonchev–Trinajstić information content (AvgIpc) is 2.77. The van der Waals surface area contributed by atoms with Crippen LogP contribution in [0, 0.1) is 6.92 Å². The fraction of sp³-hybridized carbons (Fsp3) is 0.615. The lowest BCUT2D eigenvalue weighted by Gasteiger charge is -2.23. The Morgan fingerprint density at radius 1 is 1.58 bits per heavy atom. The fourth-order valence-electron chi connectivity index (χ4n) is 2.20. The zero-order chi connectivity index (χ0) is 13.8. The van der Waals surface area contributed by atoms with Crippen LogP contribution < -0.4 is 0 Å². The van der Waals surface area contributed by atoms with Crippen molar-refractivity contribution < 1.29 is 19.1 Å². The molecule has 1 aliphatic heterocycles. The summed E-state index contributed by atoms with van der Waals surface area (Å²) in [6, 6.07) is 0. The van der Waals surface area contributed by atoms with Crippen molar-refractivity contribution in [1.29, 1.82) is 0 Å². The molecular formula is C13H18N2O4. The molecule has 0 aliphatic carbocycles. The van der Waals surface area contributed by atoms with Gasteiger partial charge in [0.1, 0.15) is 5.69 Å². The molecule has 0 amide bonds. The molecule has 2 rings (SSSR count). The molecule has 104 valence electrons. The van der Waals surface area contributed by atoms with Gasteiger partial charge in [0, 0.05) is 12.2 Å². The minimum absolute atomic E-state index is 0.193. The maximum absolute atomic E-state index is 11.8. The van der Waals surface area contributed by atoms with E-state index in [-0.39, 0.29) is 18.5 Å². The SMILES string of the molecule is CCOC(=O)c1nn(C2CCCCO2)c(C=O)c1C.